The molecule has 3 rings (SSSR count). The lowest BCUT2D eigenvalue weighted by Gasteiger charge is -2.27. The topological polar surface area (TPSA) is 71.8 Å². The van der Waals surface area contributed by atoms with E-state index in [1.165, 1.54) is 6.26 Å². The van der Waals surface area contributed by atoms with Gasteiger partial charge < -0.3 is 19.4 Å². The molecule has 1 saturated heterocycles. The molecule has 2 aromatic rings. The third-order valence-corrected chi connectivity index (χ3v) is 3.81. The Hall–Kier alpha value is -2.60. The lowest BCUT2D eigenvalue weighted by atomic mass is 10.1. The van der Waals surface area contributed by atoms with E-state index in [0.29, 0.717) is 48.9 Å². The van der Waals surface area contributed by atoms with Gasteiger partial charge in [-0.05, 0) is 25.1 Å². The van der Waals surface area contributed by atoms with Crippen molar-refractivity contribution in [3.8, 4) is 0 Å². The predicted octanol–water partition coefficient (Wildman–Crippen LogP) is 2.31. The second-order valence-corrected chi connectivity index (χ2v) is 5.29. The molecule has 1 N–H and O–H groups in total. The second-order valence-electron chi connectivity index (χ2n) is 5.29. The maximum atomic E-state index is 12.7. The lowest BCUT2D eigenvalue weighted by Crippen LogP contribution is -2.41. The van der Waals surface area contributed by atoms with E-state index in [1.807, 2.05) is 0 Å². The zero-order valence-electron chi connectivity index (χ0n) is 12.9. The van der Waals surface area contributed by atoms with Gasteiger partial charge in [0.25, 0.3) is 11.8 Å². The lowest BCUT2D eigenvalue weighted by molar-refractivity contribution is 0.0303. The number of carbonyl (C=O) groups is 2. The number of rotatable bonds is 3. The van der Waals surface area contributed by atoms with E-state index in [4.69, 9.17) is 9.15 Å². The van der Waals surface area contributed by atoms with Crippen LogP contribution in [0.4, 0.5) is 5.69 Å². The first kappa shape index (κ1) is 15.3. The summed E-state index contributed by atoms with van der Waals surface area (Å²) < 4.78 is 10.4. The summed E-state index contributed by atoms with van der Waals surface area (Å²) in [6, 6.07) is 8.62. The van der Waals surface area contributed by atoms with Gasteiger partial charge in [-0.1, -0.05) is 12.1 Å². The van der Waals surface area contributed by atoms with Crippen LogP contribution in [0.3, 0.4) is 0 Å². The van der Waals surface area contributed by atoms with Crippen LogP contribution < -0.4 is 5.32 Å². The highest BCUT2D eigenvalue weighted by atomic mass is 16.5. The minimum absolute atomic E-state index is 0.104. The first-order chi connectivity index (χ1) is 11.2. The standard InChI is InChI=1S/C17H18N2O4/c1-12-13(6-9-23-12)16(20)18-15-5-3-2-4-14(15)17(21)19-7-10-22-11-8-19/h2-6,9H,7-8,10-11H2,1H3,(H,18,20). The highest BCUT2D eigenvalue weighted by molar-refractivity contribution is 6.09. The van der Waals surface area contributed by atoms with Crippen LogP contribution >= 0.6 is 0 Å². The van der Waals surface area contributed by atoms with E-state index < -0.39 is 0 Å². The number of nitrogens with one attached hydrogen (secondary N) is 1. The van der Waals surface area contributed by atoms with E-state index in [1.54, 1.807) is 42.2 Å². The summed E-state index contributed by atoms with van der Waals surface area (Å²) in [6.45, 7) is 3.91. The highest BCUT2D eigenvalue weighted by Gasteiger charge is 2.22. The van der Waals surface area contributed by atoms with Gasteiger partial charge in [-0.15, -0.1) is 0 Å². The van der Waals surface area contributed by atoms with Crippen molar-refractivity contribution in [1.82, 2.24) is 4.90 Å². The molecular weight excluding hydrogens is 296 g/mol. The molecule has 23 heavy (non-hydrogen) atoms. The summed E-state index contributed by atoms with van der Waals surface area (Å²) >= 11 is 0. The maximum absolute atomic E-state index is 12.7. The van der Waals surface area contributed by atoms with Crippen molar-refractivity contribution in [2.24, 2.45) is 0 Å². The van der Waals surface area contributed by atoms with Gasteiger partial charge in [-0.25, -0.2) is 0 Å². The Labute approximate surface area is 134 Å². The minimum Gasteiger partial charge on any atom is -0.469 e. The number of ether oxygens (including phenoxy) is 1. The van der Waals surface area contributed by atoms with Crippen molar-refractivity contribution in [2.75, 3.05) is 31.6 Å². The van der Waals surface area contributed by atoms with Gasteiger partial charge in [0, 0.05) is 13.1 Å². The first-order valence-electron chi connectivity index (χ1n) is 7.48. The number of nitrogens with zero attached hydrogens (tertiary/aromatic N) is 1. The van der Waals surface area contributed by atoms with Crippen LogP contribution in [0.25, 0.3) is 0 Å². The third-order valence-electron chi connectivity index (χ3n) is 3.81. The van der Waals surface area contributed by atoms with Crippen molar-refractivity contribution in [3.05, 3.63) is 53.5 Å². The average Bonchev–Trinajstić information content (AvgIpc) is 3.02. The molecule has 1 aromatic heterocycles. The molecule has 2 heterocycles. The van der Waals surface area contributed by atoms with Gasteiger partial charge in [-0.3, -0.25) is 9.59 Å². The molecule has 0 unspecified atom stereocenters. The van der Waals surface area contributed by atoms with E-state index >= 15 is 0 Å². The Bertz CT molecular complexity index is 717. The molecule has 1 aliphatic heterocycles. The summed E-state index contributed by atoms with van der Waals surface area (Å²) in [4.78, 5) is 26.7. The van der Waals surface area contributed by atoms with Crippen LogP contribution in [0.1, 0.15) is 26.5 Å². The van der Waals surface area contributed by atoms with Crippen molar-refractivity contribution >= 4 is 17.5 Å². The summed E-state index contributed by atoms with van der Waals surface area (Å²) in [5.74, 6) is 0.145. The van der Waals surface area contributed by atoms with E-state index in [0.717, 1.165) is 0 Å². The molecule has 6 heteroatoms. The monoisotopic (exact) mass is 314 g/mol. The molecule has 120 valence electrons. The average molecular weight is 314 g/mol. The summed E-state index contributed by atoms with van der Waals surface area (Å²) in [6.07, 6.45) is 1.47. The van der Waals surface area contributed by atoms with Crippen LogP contribution in [-0.2, 0) is 4.74 Å². The number of furan rings is 1. The number of amides is 2. The number of benzene rings is 1. The molecule has 0 bridgehead atoms. The normalized spacial score (nSPS) is 14.6. The maximum Gasteiger partial charge on any atom is 0.259 e. The molecule has 0 saturated carbocycles. The van der Waals surface area contributed by atoms with Crippen molar-refractivity contribution in [2.45, 2.75) is 6.92 Å². The zero-order chi connectivity index (χ0) is 16.2. The smallest absolute Gasteiger partial charge is 0.259 e. The van der Waals surface area contributed by atoms with Crippen molar-refractivity contribution in [1.29, 1.82) is 0 Å². The Morgan fingerprint density at radius 3 is 2.52 bits per heavy atom. The van der Waals surface area contributed by atoms with E-state index in [-0.39, 0.29) is 11.8 Å². The molecule has 0 radical (unpaired) electrons. The minimum atomic E-state index is -0.293. The van der Waals surface area contributed by atoms with Crippen LogP contribution in [0.15, 0.2) is 41.0 Å². The molecule has 6 nitrogen and oxygen atoms in total. The van der Waals surface area contributed by atoms with Crippen LogP contribution in [0.5, 0.6) is 0 Å². The highest BCUT2D eigenvalue weighted by Crippen LogP contribution is 2.20. The number of hydrogen-bond acceptors (Lipinski definition) is 4. The molecule has 0 aliphatic carbocycles. The molecule has 1 fully saturated rings. The van der Waals surface area contributed by atoms with Gasteiger partial charge in [-0.2, -0.15) is 0 Å². The van der Waals surface area contributed by atoms with E-state index in [2.05, 4.69) is 5.32 Å². The Balaban J connectivity index is 1.81. The summed E-state index contributed by atoms with van der Waals surface area (Å²) in [5.41, 5.74) is 1.43. The van der Waals surface area contributed by atoms with Crippen LogP contribution in [0.2, 0.25) is 0 Å². The second kappa shape index (κ2) is 6.66. The number of carbonyl (C=O) groups excluding carboxylic acids is 2. The fourth-order valence-corrected chi connectivity index (χ4v) is 2.53. The summed E-state index contributed by atoms with van der Waals surface area (Å²) in [5, 5.41) is 2.80. The van der Waals surface area contributed by atoms with E-state index in [9.17, 15) is 9.59 Å². The van der Waals surface area contributed by atoms with Gasteiger partial charge in [0.05, 0.1) is 36.3 Å². The molecule has 1 aromatic carbocycles. The van der Waals surface area contributed by atoms with Crippen LogP contribution in [-0.4, -0.2) is 43.0 Å². The van der Waals surface area contributed by atoms with Crippen molar-refractivity contribution < 1.29 is 18.7 Å². The number of hydrogen-bond donors (Lipinski definition) is 1. The summed E-state index contributed by atoms with van der Waals surface area (Å²) in [7, 11) is 0. The number of aryl methyl sites for hydroxylation is 1. The van der Waals surface area contributed by atoms with Gasteiger partial charge in [0.15, 0.2) is 0 Å². The quantitative estimate of drug-likeness (QED) is 0.943. The zero-order valence-corrected chi connectivity index (χ0v) is 12.9. The van der Waals surface area contributed by atoms with Crippen LogP contribution in [0, 0.1) is 6.92 Å². The first-order valence-corrected chi connectivity index (χ1v) is 7.48. The molecule has 0 atom stereocenters. The SMILES string of the molecule is Cc1occc1C(=O)Nc1ccccc1C(=O)N1CCOCC1. The fraction of sp³-hybridized carbons (Fsp3) is 0.294. The number of para-hydroxylation sites is 1. The molecule has 0 spiro atoms. The largest absolute Gasteiger partial charge is 0.469 e. The third kappa shape index (κ3) is 3.27. The Morgan fingerprint density at radius 2 is 1.83 bits per heavy atom. The number of morpholine rings is 1. The predicted molar refractivity (Wildman–Crippen MR) is 84.6 cm³/mol. The van der Waals surface area contributed by atoms with Crippen molar-refractivity contribution in [3.63, 3.8) is 0 Å². The van der Waals surface area contributed by atoms with Gasteiger partial charge >= 0.3 is 0 Å². The van der Waals surface area contributed by atoms with Gasteiger partial charge in [0.1, 0.15) is 5.76 Å². The fourth-order valence-electron chi connectivity index (χ4n) is 2.53. The number of anilines is 1. The molecular formula is C17H18N2O4. The molecule has 2 amide bonds. The molecule has 1 aliphatic rings. The Morgan fingerprint density at radius 1 is 1.09 bits per heavy atom. The van der Waals surface area contributed by atoms with Gasteiger partial charge in [0.2, 0.25) is 0 Å². The Kier molecular flexibility index (Phi) is 4.43.